The Morgan fingerprint density at radius 3 is 2.30 bits per heavy atom. The minimum atomic E-state index is -0.138. The van der Waals surface area contributed by atoms with Crippen molar-refractivity contribution in [2.45, 2.75) is 25.7 Å². The van der Waals surface area contributed by atoms with Gasteiger partial charge in [0.2, 0.25) is 5.91 Å². The number of likely N-dealkylation sites (tertiary alicyclic amines) is 1. The summed E-state index contributed by atoms with van der Waals surface area (Å²) in [5.41, 5.74) is 5.38. The van der Waals surface area contributed by atoms with Crippen LogP contribution in [0.5, 0.6) is 0 Å². The predicted octanol–water partition coefficient (Wildman–Crippen LogP) is 0.0791. The maximum atomic E-state index is 11.2. The molecule has 0 aliphatic carbocycles. The molecule has 0 aromatic carbocycles. The van der Waals surface area contributed by atoms with Crippen LogP contribution in [-0.4, -0.2) is 94.3 Å². The van der Waals surface area contributed by atoms with Crippen molar-refractivity contribution in [1.29, 1.82) is 0 Å². The van der Waals surface area contributed by atoms with E-state index in [0.717, 1.165) is 97.2 Å². The second kappa shape index (κ2) is 14.4. The topological polar surface area (TPSA) is 95.2 Å². The van der Waals surface area contributed by atoms with Gasteiger partial charge in [-0.1, -0.05) is 0 Å². The van der Waals surface area contributed by atoms with Gasteiger partial charge in [-0.05, 0) is 45.3 Å². The van der Waals surface area contributed by atoms with Crippen LogP contribution in [0.2, 0.25) is 0 Å². The standard InChI is InChI=1S/C18H36N6O2.HI/c1-20-18(22-7-11-24-12-14-26-15-13-24)21-6-2-3-8-23-9-4-16(5-10-23)17(19)25;/h16H,2-15H2,1H3,(H2,19,25)(H2,20,21,22);1H. The van der Waals surface area contributed by atoms with E-state index in [2.05, 4.69) is 25.4 Å². The number of primary amides is 1. The lowest BCUT2D eigenvalue weighted by molar-refractivity contribution is -0.123. The van der Waals surface area contributed by atoms with E-state index in [1.54, 1.807) is 0 Å². The Morgan fingerprint density at radius 2 is 1.67 bits per heavy atom. The van der Waals surface area contributed by atoms with E-state index in [1.807, 2.05) is 7.05 Å². The molecule has 2 rings (SSSR count). The Hall–Kier alpha value is -0.650. The van der Waals surface area contributed by atoms with Crippen LogP contribution >= 0.6 is 24.0 Å². The molecule has 0 bridgehead atoms. The summed E-state index contributed by atoms with van der Waals surface area (Å²) in [5.74, 6) is 0.821. The van der Waals surface area contributed by atoms with Gasteiger partial charge < -0.3 is 26.0 Å². The number of carbonyl (C=O) groups excluding carboxylic acids is 1. The molecular weight excluding hydrogens is 459 g/mol. The second-order valence-electron chi connectivity index (χ2n) is 7.11. The van der Waals surface area contributed by atoms with Gasteiger partial charge in [0.15, 0.2) is 5.96 Å². The predicted molar refractivity (Wildman–Crippen MR) is 120 cm³/mol. The van der Waals surface area contributed by atoms with Gasteiger partial charge in [-0.25, -0.2) is 0 Å². The highest BCUT2D eigenvalue weighted by atomic mass is 127. The van der Waals surface area contributed by atoms with Crippen molar-refractivity contribution in [3.05, 3.63) is 0 Å². The molecule has 2 aliphatic heterocycles. The minimum Gasteiger partial charge on any atom is -0.379 e. The van der Waals surface area contributed by atoms with Crippen LogP contribution in [0.4, 0.5) is 0 Å². The van der Waals surface area contributed by atoms with E-state index in [0.29, 0.717) is 0 Å². The SMILES string of the molecule is CN=C(NCCCCN1CCC(C(N)=O)CC1)NCCN1CCOCC1.I. The van der Waals surface area contributed by atoms with Crippen LogP contribution in [0.3, 0.4) is 0 Å². The Morgan fingerprint density at radius 1 is 1.04 bits per heavy atom. The first-order valence-corrected chi connectivity index (χ1v) is 9.95. The zero-order valence-electron chi connectivity index (χ0n) is 16.6. The van der Waals surface area contributed by atoms with Crippen molar-refractivity contribution in [3.8, 4) is 0 Å². The molecule has 2 heterocycles. The fourth-order valence-electron chi connectivity index (χ4n) is 3.49. The van der Waals surface area contributed by atoms with Crippen molar-refractivity contribution >= 4 is 35.8 Å². The number of nitrogens with two attached hydrogens (primary N) is 1. The van der Waals surface area contributed by atoms with Crippen LogP contribution in [0, 0.1) is 5.92 Å². The molecule has 0 aromatic rings. The van der Waals surface area contributed by atoms with E-state index in [1.165, 1.54) is 0 Å². The minimum absolute atomic E-state index is 0. The first-order chi connectivity index (χ1) is 12.7. The molecule has 158 valence electrons. The monoisotopic (exact) mass is 496 g/mol. The number of halogens is 1. The first kappa shape index (κ1) is 24.4. The zero-order valence-corrected chi connectivity index (χ0v) is 19.0. The maximum absolute atomic E-state index is 11.2. The van der Waals surface area contributed by atoms with Gasteiger partial charge in [0.1, 0.15) is 0 Å². The summed E-state index contributed by atoms with van der Waals surface area (Å²) in [5, 5.41) is 6.76. The van der Waals surface area contributed by atoms with Gasteiger partial charge in [-0.2, -0.15) is 0 Å². The number of morpholine rings is 1. The van der Waals surface area contributed by atoms with Gasteiger partial charge in [0.05, 0.1) is 13.2 Å². The molecule has 0 spiro atoms. The van der Waals surface area contributed by atoms with Crippen LogP contribution in [-0.2, 0) is 9.53 Å². The van der Waals surface area contributed by atoms with E-state index < -0.39 is 0 Å². The van der Waals surface area contributed by atoms with Crippen LogP contribution < -0.4 is 16.4 Å². The van der Waals surface area contributed by atoms with Crippen molar-refractivity contribution in [2.75, 3.05) is 72.6 Å². The number of hydrogen-bond donors (Lipinski definition) is 3. The molecule has 27 heavy (non-hydrogen) atoms. The quantitative estimate of drug-likeness (QED) is 0.181. The number of aliphatic imine (C=N–C) groups is 1. The number of piperidine rings is 1. The number of nitrogens with zero attached hydrogens (tertiary/aromatic N) is 3. The molecule has 0 unspecified atom stereocenters. The number of rotatable bonds is 9. The molecule has 9 heteroatoms. The van der Waals surface area contributed by atoms with Crippen molar-refractivity contribution in [2.24, 2.45) is 16.6 Å². The van der Waals surface area contributed by atoms with E-state index in [4.69, 9.17) is 10.5 Å². The van der Waals surface area contributed by atoms with Gasteiger partial charge in [-0.15, -0.1) is 24.0 Å². The van der Waals surface area contributed by atoms with Gasteiger partial charge in [-0.3, -0.25) is 14.7 Å². The highest BCUT2D eigenvalue weighted by Crippen LogP contribution is 2.16. The van der Waals surface area contributed by atoms with Crippen molar-refractivity contribution in [3.63, 3.8) is 0 Å². The summed E-state index contributed by atoms with van der Waals surface area (Å²) in [6, 6.07) is 0. The fraction of sp³-hybridized carbons (Fsp3) is 0.889. The number of amides is 1. The Labute approximate surface area is 180 Å². The molecule has 0 atom stereocenters. The van der Waals surface area contributed by atoms with Crippen LogP contribution in [0.1, 0.15) is 25.7 Å². The molecule has 0 saturated carbocycles. The highest BCUT2D eigenvalue weighted by Gasteiger charge is 2.22. The lowest BCUT2D eigenvalue weighted by atomic mass is 9.96. The van der Waals surface area contributed by atoms with Crippen LogP contribution in [0.25, 0.3) is 0 Å². The Balaban J connectivity index is 0.00000364. The van der Waals surface area contributed by atoms with Crippen LogP contribution in [0.15, 0.2) is 4.99 Å². The lowest BCUT2D eigenvalue weighted by Crippen LogP contribution is -2.44. The Bertz CT molecular complexity index is 438. The van der Waals surface area contributed by atoms with Gasteiger partial charge in [0.25, 0.3) is 0 Å². The van der Waals surface area contributed by atoms with Crippen molar-refractivity contribution < 1.29 is 9.53 Å². The number of guanidine groups is 1. The van der Waals surface area contributed by atoms with E-state index in [-0.39, 0.29) is 35.8 Å². The second-order valence-corrected chi connectivity index (χ2v) is 7.11. The molecular formula is C18H37IN6O2. The van der Waals surface area contributed by atoms with Gasteiger partial charge >= 0.3 is 0 Å². The molecule has 4 N–H and O–H groups in total. The maximum Gasteiger partial charge on any atom is 0.220 e. The third kappa shape index (κ3) is 9.91. The molecule has 2 aliphatic rings. The summed E-state index contributed by atoms with van der Waals surface area (Å²) in [6.07, 6.45) is 4.08. The summed E-state index contributed by atoms with van der Waals surface area (Å²) < 4.78 is 5.36. The number of hydrogen-bond acceptors (Lipinski definition) is 5. The smallest absolute Gasteiger partial charge is 0.220 e. The third-order valence-corrected chi connectivity index (χ3v) is 5.23. The van der Waals surface area contributed by atoms with Crippen molar-refractivity contribution in [1.82, 2.24) is 20.4 Å². The molecule has 2 fully saturated rings. The molecule has 0 aromatic heterocycles. The normalized spacial score (nSPS) is 20.1. The number of carbonyl (C=O) groups is 1. The molecule has 0 radical (unpaired) electrons. The zero-order chi connectivity index (χ0) is 18.6. The summed E-state index contributed by atoms with van der Waals surface area (Å²) in [4.78, 5) is 20.3. The number of unbranched alkanes of at least 4 members (excludes halogenated alkanes) is 1. The summed E-state index contributed by atoms with van der Waals surface area (Å²) >= 11 is 0. The van der Waals surface area contributed by atoms with Gasteiger partial charge in [0, 0.05) is 45.7 Å². The lowest BCUT2D eigenvalue weighted by Gasteiger charge is -2.30. The summed E-state index contributed by atoms with van der Waals surface area (Å²) in [7, 11) is 1.81. The number of nitrogens with one attached hydrogen (secondary N) is 2. The number of ether oxygens (including phenoxy) is 1. The van der Waals surface area contributed by atoms with E-state index >= 15 is 0 Å². The average molecular weight is 496 g/mol. The van der Waals surface area contributed by atoms with E-state index in [9.17, 15) is 4.79 Å². The molecule has 8 nitrogen and oxygen atoms in total. The molecule has 2 saturated heterocycles. The summed E-state index contributed by atoms with van der Waals surface area (Å²) in [6.45, 7) is 9.64. The molecule has 1 amide bonds. The highest BCUT2D eigenvalue weighted by molar-refractivity contribution is 14.0. The fourth-order valence-corrected chi connectivity index (χ4v) is 3.49. The Kier molecular flexibility index (Phi) is 13.0. The largest absolute Gasteiger partial charge is 0.379 e. The third-order valence-electron chi connectivity index (χ3n) is 5.23. The first-order valence-electron chi connectivity index (χ1n) is 9.95. The average Bonchev–Trinajstić information content (AvgIpc) is 2.67.